The number of halogens is 1. The average Bonchev–Trinajstić information content (AvgIpc) is 2.28. The zero-order valence-electron chi connectivity index (χ0n) is 5.91. The smallest absolute Gasteiger partial charge is 0.215 e. The van der Waals surface area contributed by atoms with Gasteiger partial charge in [0.2, 0.25) is 5.06 Å². The maximum atomic E-state index is 12.6. The van der Waals surface area contributed by atoms with Crippen molar-refractivity contribution in [2.24, 2.45) is 0 Å². The topological polar surface area (TPSA) is 40.5 Å². The van der Waals surface area contributed by atoms with Crippen LogP contribution in [0.15, 0.2) is 18.2 Å². The highest BCUT2D eigenvalue weighted by molar-refractivity contribution is 7.21. The molecule has 12 heavy (non-hydrogen) atoms. The Kier molecular flexibility index (Phi) is 1.44. The maximum absolute atomic E-state index is 12.6. The molecule has 0 saturated carbocycles. The molecule has 1 heterocycles. The van der Waals surface area contributed by atoms with E-state index in [9.17, 15) is 9.50 Å². The van der Waals surface area contributed by atoms with Crippen LogP contribution in [0.4, 0.5) is 4.39 Å². The van der Waals surface area contributed by atoms with Crippen LogP contribution in [0.1, 0.15) is 0 Å². The third kappa shape index (κ3) is 0.921. The van der Waals surface area contributed by atoms with E-state index in [2.05, 4.69) is 0 Å². The summed E-state index contributed by atoms with van der Waals surface area (Å²) in [5.41, 5.74) is 0. The van der Waals surface area contributed by atoms with Crippen molar-refractivity contribution in [3.63, 3.8) is 0 Å². The summed E-state index contributed by atoms with van der Waals surface area (Å²) in [5.74, 6) is -0.543. The number of thiophene rings is 1. The lowest BCUT2D eigenvalue weighted by Gasteiger charge is -1.89. The summed E-state index contributed by atoms with van der Waals surface area (Å²) < 4.78 is 13.2. The first-order valence-corrected chi connectivity index (χ1v) is 4.10. The van der Waals surface area contributed by atoms with Crippen molar-refractivity contribution < 1.29 is 14.6 Å². The van der Waals surface area contributed by atoms with Gasteiger partial charge in [0, 0.05) is 10.1 Å². The summed E-state index contributed by atoms with van der Waals surface area (Å²) in [4.78, 5) is 0. The van der Waals surface area contributed by atoms with Gasteiger partial charge in [-0.2, -0.15) is 0 Å². The predicted octanol–water partition coefficient (Wildman–Crippen LogP) is 2.45. The summed E-state index contributed by atoms with van der Waals surface area (Å²) >= 11 is 0.958. The van der Waals surface area contributed by atoms with E-state index in [0.29, 0.717) is 10.1 Å². The van der Waals surface area contributed by atoms with Crippen molar-refractivity contribution in [1.29, 1.82) is 0 Å². The summed E-state index contributed by atoms with van der Waals surface area (Å²) in [6.45, 7) is 0. The molecule has 1 aromatic carbocycles. The van der Waals surface area contributed by atoms with E-state index in [1.54, 1.807) is 0 Å². The molecule has 0 unspecified atom stereocenters. The molecule has 0 aliphatic carbocycles. The van der Waals surface area contributed by atoms with Crippen LogP contribution in [-0.4, -0.2) is 10.2 Å². The molecule has 0 aliphatic rings. The van der Waals surface area contributed by atoms with Crippen LogP contribution in [0.2, 0.25) is 0 Å². The molecule has 1 aromatic heterocycles. The summed E-state index contributed by atoms with van der Waals surface area (Å²) in [5, 5.41) is 18.6. The molecule has 4 heteroatoms. The van der Waals surface area contributed by atoms with Gasteiger partial charge in [-0.05, 0) is 18.2 Å². The molecule has 2 N–H and O–H groups in total. The monoisotopic (exact) mass is 184 g/mol. The molecule has 0 aliphatic heterocycles. The molecule has 0 atom stereocenters. The lowest BCUT2D eigenvalue weighted by atomic mass is 10.2. The number of aromatic hydroxyl groups is 2. The summed E-state index contributed by atoms with van der Waals surface area (Å²) in [6.07, 6.45) is 0. The van der Waals surface area contributed by atoms with Crippen molar-refractivity contribution in [1.82, 2.24) is 0 Å². The van der Waals surface area contributed by atoms with Gasteiger partial charge in [-0.1, -0.05) is 11.3 Å². The van der Waals surface area contributed by atoms with Crippen LogP contribution in [0.3, 0.4) is 0 Å². The lowest BCUT2D eigenvalue weighted by Crippen LogP contribution is -1.69. The number of hydrogen-bond donors (Lipinski definition) is 2. The fourth-order valence-electron chi connectivity index (χ4n) is 1.04. The molecule has 0 bridgehead atoms. The van der Waals surface area contributed by atoms with E-state index in [0.717, 1.165) is 11.3 Å². The quantitative estimate of drug-likeness (QED) is 0.660. The Labute approximate surface area is 71.5 Å². The second-order valence-electron chi connectivity index (χ2n) is 2.40. The highest BCUT2D eigenvalue weighted by atomic mass is 32.1. The number of benzene rings is 1. The second kappa shape index (κ2) is 2.35. The lowest BCUT2D eigenvalue weighted by molar-refractivity contribution is 0.419. The Bertz CT molecular complexity index is 436. The van der Waals surface area contributed by atoms with Gasteiger partial charge in [0.05, 0.1) is 0 Å². The highest BCUT2D eigenvalue weighted by Gasteiger charge is 2.09. The highest BCUT2D eigenvalue weighted by Crippen LogP contribution is 2.42. The van der Waals surface area contributed by atoms with Crippen LogP contribution in [0.25, 0.3) is 10.1 Å². The van der Waals surface area contributed by atoms with Crippen molar-refractivity contribution in [3.8, 4) is 10.8 Å². The van der Waals surface area contributed by atoms with Gasteiger partial charge in [-0.3, -0.25) is 0 Å². The first-order chi connectivity index (χ1) is 5.68. The summed E-state index contributed by atoms with van der Waals surface area (Å²) in [7, 11) is 0. The van der Waals surface area contributed by atoms with Crippen molar-refractivity contribution in [2.45, 2.75) is 0 Å². The normalized spacial score (nSPS) is 10.8. The average molecular weight is 184 g/mol. The number of fused-ring (bicyclic) bond motifs is 1. The van der Waals surface area contributed by atoms with Crippen LogP contribution < -0.4 is 0 Å². The van der Waals surface area contributed by atoms with Crippen LogP contribution in [0.5, 0.6) is 10.8 Å². The first-order valence-electron chi connectivity index (χ1n) is 3.28. The summed E-state index contributed by atoms with van der Waals surface area (Å²) in [6, 6.07) is 3.96. The molecular formula is C8H5FO2S. The van der Waals surface area contributed by atoms with Crippen LogP contribution in [0, 0.1) is 5.82 Å². The van der Waals surface area contributed by atoms with Gasteiger partial charge in [0.15, 0.2) is 5.75 Å². The van der Waals surface area contributed by atoms with Crippen molar-refractivity contribution in [3.05, 3.63) is 24.0 Å². The van der Waals surface area contributed by atoms with Crippen LogP contribution >= 0.6 is 11.3 Å². The Morgan fingerprint density at radius 2 is 2.00 bits per heavy atom. The fraction of sp³-hybridized carbons (Fsp3) is 0. The van der Waals surface area contributed by atoms with E-state index in [-0.39, 0.29) is 16.6 Å². The zero-order valence-corrected chi connectivity index (χ0v) is 6.73. The second-order valence-corrected chi connectivity index (χ2v) is 3.43. The zero-order chi connectivity index (χ0) is 8.72. The van der Waals surface area contributed by atoms with E-state index < -0.39 is 0 Å². The van der Waals surface area contributed by atoms with Crippen molar-refractivity contribution >= 4 is 21.4 Å². The molecular weight excluding hydrogens is 179 g/mol. The minimum absolute atomic E-state index is 0.171. The van der Waals surface area contributed by atoms with Gasteiger partial charge in [-0.15, -0.1) is 0 Å². The number of hydrogen-bond acceptors (Lipinski definition) is 3. The molecule has 0 spiro atoms. The minimum atomic E-state index is -0.372. The van der Waals surface area contributed by atoms with Gasteiger partial charge in [0.1, 0.15) is 5.82 Å². The van der Waals surface area contributed by atoms with Gasteiger partial charge >= 0.3 is 0 Å². The molecule has 2 rings (SSSR count). The molecule has 62 valence electrons. The molecule has 0 saturated heterocycles. The Balaban J connectivity index is 2.87. The van der Waals surface area contributed by atoms with E-state index in [4.69, 9.17) is 5.11 Å². The first kappa shape index (κ1) is 7.36. The Morgan fingerprint density at radius 1 is 1.25 bits per heavy atom. The molecule has 0 amide bonds. The van der Waals surface area contributed by atoms with Crippen LogP contribution in [-0.2, 0) is 0 Å². The maximum Gasteiger partial charge on any atom is 0.215 e. The van der Waals surface area contributed by atoms with Crippen molar-refractivity contribution in [2.75, 3.05) is 0 Å². The van der Waals surface area contributed by atoms with Gasteiger partial charge < -0.3 is 10.2 Å². The molecule has 2 nitrogen and oxygen atoms in total. The fourth-order valence-corrected chi connectivity index (χ4v) is 1.91. The Hall–Kier alpha value is -1.29. The third-order valence-corrected chi connectivity index (χ3v) is 2.55. The van der Waals surface area contributed by atoms with E-state index in [1.165, 1.54) is 18.2 Å². The standard InChI is InChI=1S/C8H5FO2S/c9-4-1-2-5-6(3-4)12-8(11)7(5)10/h1-3,10-11H. The largest absolute Gasteiger partial charge is 0.503 e. The molecule has 0 radical (unpaired) electrons. The molecule has 2 aromatic rings. The van der Waals surface area contributed by atoms with E-state index >= 15 is 0 Å². The Morgan fingerprint density at radius 3 is 2.75 bits per heavy atom. The number of rotatable bonds is 0. The van der Waals surface area contributed by atoms with Gasteiger partial charge in [-0.25, -0.2) is 4.39 Å². The predicted molar refractivity (Wildman–Crippen MR) is 45.1 cm³/mol. The minimum Gasteiger partial charge on any atom is -0.503 e. The van der Waals surface area contributed by atoms with Gasteiger partial charge in [0.25, 0.3) is 0 Å². The van der Waals surface area contributed by atoms with E-state index in [1.807, 2.05) is 0 Å². The third-order valence-electron chi connectivity index (χ3n) is 1.61. The molecule has 0 fully saturated rings. The SMILES string of the molecule is Oc1sc2cc(F)ccc2c1O.